The van der Waals surface area contributed by atoms with Crippen molar-refractivity contribution >= 4 is 57.4 Å². The van der Waals surface area contributed by atoms with Crippen LogP contribution in [0, 0.1) is 0 Å². The van der Waals surface area contributed by atoms with Crippen molar-refractivity contribution in [3.8, 4) is 0 Å². The molecule has 4 aromatic rings. The predicted octanol–water partition coefficient (Wildman–Crippen LogP) is 10.4. The number of fused-ring (bicyclic) bond motifs is 1. The van der Waals surface area contributed by atoms with Gasteiger partial charge in [0.1, 0.15) is 11.0 Å². The second-order valence-corrected chi connectivity index (χ2v) is 12.1. The number of nitrogens with zero attached hydrogens (tertiary/aromatic N) is 2. The molecule has 6 nitrogen and oxygen atoms in total. The van der Waals surface area contributed by atoms with Crippen LogP contribution in [0.3, 0.4) is 0 Å². The zero-order valence-electron chi connectivity index (χ0n) is 24.3. The highest BCUT2D eigenvalue weighted by Gasteiger charge is 2.18. The molecule has 0 aliphatic rings. The average molecular weight is 617 g/mol. The first-order valence-corrected chi connectivity index (χ1v) is 17.3. The van der Waals surface area contributed by atoms with Crippen LogP contribution in [0.25, 0.3) is 11.0 Å². The van der Waals surface area contributed by atoms with Gasteiger partial charge >= 0.3 is 11.9 Å². The molecule has 224 valence electrons. The molecular formula is C32H44N2O4S3. The maximum atomic E-state index is 10.8. The van der Waals surface area contributed by atoms with Crippen molar-refractivity contribution in [1.82, 2.24) is 8.75 Å². The first kappa shape index (κ1) is 34.6. The molecule has 0 amide bonds. The van der Waals surface area contributed by atoms with Crippen molar-refractivity contribution in [2.75, 3.05) is 0 Å². The number of rotatable bonds is 16. The van der Waals surface area contributed by atoms with E-state index in [0.717, 1.165) is 11.7 Å². The number of carbonyl (C=O) groups is 2. The Hall–Kier alpha value is -2.62. The lowest BCUT2D eigenvalue weighted by atomic mass is 10.1. The van der Waals surface area contributed by atoms with Gasteiger partial charge in [-0.2, -0.15) is 31.4 Å². The van der Waals surface area contributed by atoms with E-state index in [1.807, 2.05) is 22.7 Å². The summed E-state index contributed by atoms with van der Waals surface area (Å²) in [5.41, 5.74) is 3.29. The zero-order chi connectivity index (χ0) is 29.7. The van der Waals surface area contributed by atoms with Crippen LogP contribution in [-0.4, -0.2) is 30.9 Å². The van der Waals surface area contributed by atoms with Crippen molar-refractivity contribution < 1.29 is 19.8 Å². The largest absolute Gasteiger partial charge is 0.478 e. The Bertz CT molecular complexity index is 1140. The third-order valence-corrected chi connectivity index (χ3v) is 8.67. The van der Waals surface area contributed by atoms with E-state index >= 15 is 0 Å². The van der Waals surface area contributed by atoms with E-state index in [2.05, 4.69) is 56.2 Å². The molecule has 1 aromatic carbocycles. The van der Waals surface area contributed by atoms with Gasteiger partial charge in [-0.3, -0.25) is 0 Å². The quantitative estimate of drug-likeness (QED) is 0.121. The summed E-state index contributed by atoms with van der Waals surface area (Å²) < 4.78 is 7.67. The Labute approximate surface area is 256 Å². The molecule has 0 bridgehead atoms. The van der Waals surface area contributed by atoms with E-state index in [4.69, 9.17) is 10.2 Å². The molecule has 0 fully saturated rings. The third-order valence-electron chi connectivity index (χ3n) is 6.65. The van der Waals surface area contributed by atoms with E-state index in [0.29, 0.717) is 11.0 Å². The van der Waals surface area contributed by atoms with Gasteiger partial charge in [0.2, 0.25) is 0 Å². The maximum absolute atomic E-state index is 10.8. The van der Waals surface area contributed by atoms with E-state index in [9.17, 15) is 9.59 Å². The normalized spacial score (nSPS) is 10.5. The third kappa shape index (κ3) is 14.2. The fraction of sp³-hybridized carbons (Fsp3) is 0.500. The van der Waals surface area contributed by atoms with E-state index < -0.39 is 11.9 Å². The van der Waals surface area contributed by atoms with Gasteiger partial charge in [-0.1, -0.05) is 78.1 Å². The molecule has 41 heavy (non-hydrogen) atoms. The lowest BCUT2D eigenvalue weighted by Gasteiger charge is -1.99. The number of hydrogen-bond donors (Lipinski definition) is 2. The van der Waals surface area contributed by atoms with Gasteiger partial charge in [-0.15, -0.1) is 0 Å². The standard InChI is InChI=1S/2C12H20S.C8H4N2O4S/c2*1-2-3-4-5-6-7-8-12-9-10-13-11-12;11-7(12)3-1-5-6(10-15-9-5)2-4(3)8(13)14/h2*9-11H,2-8H2,1H3;1-2H,(H,11,12)(H,13,14). The van der Waals surface area contributed by atoms with Crippen molar-refractivity contribution in [3.05, 3.63) is 68.0 Å². The van der Waals surface area contributed by atoms with E-state index in [1.165, 1.54) is 113 Å². The second kappa shape index (κ2) is 21.1. The summed E-state index contributed by atoms with van der Waals surface area (Å²) in [6.07, 6.45) is 19.4. The molecule has 0 radical (unpaired) electrons. The van der Waals surface area contributed by atoms with Gasteiger partial charge in [0.25, 0.3) is 0 Å². The number of unbranched alkanes of at least 4 members (excludes halogenated alkanes) is 10. The summed E-state index contributed by atoms with van der Waals surface area (Å²) in [5.74, 6) is -2.58. The zero-order valence-corrected chi connectivity index (χ0v) is 26.8. The Balaban J connectivity index is 0.000000216. The Kier molecular flexibility index (Phi) is 17.8. The molecule has 4 rings (SSSR count). The van der Waals surface area contributed by atoms with Crippen LogP contribution in [0.2, 0.25) is 0 Å². The first-order valence-electron chi connectivity index (χ1n) is 14.7. The fourth-order valence-corrected chi connectivity index (χ4v) is 6.19. The Morgan fingerprint density at radius 3 is 1.37 bits per heavy atom. The number of aromatic carboxylic acids is 2. The van der Waals surface area contributed by atoms with Gasteiger partial charge in [-0.25, -0.2) is 9.59 Å². The van der Waals surface area contributed by atoms with Crippen LogP contribution in [0.1, 0.15) is 123 Å². The van der Waals surface area contributed by atoms with Gasteiger partial charge in [-0.05, 0) is 82.6 Å². The Morgan fingerprint density at radius 2 is 1.02 bits per heavy atom. The SMILES string of the molecule is CCCCCCCCc1ccsc1.CCCCCCCCc1ccsc1.O=C(O)c1cc2nsnc2cc1C(=O)O. The molecule has 0 atom stereocenters. The summed E-state index contributed by atoms with van der Waals surface area (Å²) in [4.78, 5) is 21.6. The van der Waals surface area contributed by atoms with Gasteiger partial charge in [0, 0.05) is 0 Å². The minimum absolute atomic E-state index is 0.275. The molecule has 2 N–H and O–H groups in total. The molecule has 3 heterocycles. The molecule has 0 aliphatic heterocycles. The van der Waals surface area contributed by atoms with Crippen molar-refractivity contribution in [3.63, 3.8) is 0 Å². The highest BCUT2D eigenvalue weighted by Crippen LogP contribution is 2.19. The number of carboxylic acid groups (broad SMARTS) is 2. The molecule has 0 saturated heterocycles. The topological polar surface area (TPSA) is 100 Å². The van der Waals surface area contributed by atoms with Crippen LogP contribution in [0.4, 0.5) is 0 Å². The minimum Gasteiger partial charge on any atom is -0.478 e. The van der Waals surface area contributed by atoms with Crippen molar-refractivity contribution in [2.24, 2.45) is 0 Å². The van der Waals surface area contributed by atoms with Crippen molar-refractivity contribution in [2.45, 2.75) is 104 Å². The number of benzene rings is 1. The average Bonchev–Trinajstić information content (AvgIpc) is 3.76. The fourth-order valence-electron chi connectivity index (χ4n) is 4.27. The molecule has 3 aromatic heterocycles. The maximum Gasteiger partial charge on any atom is 0.336 e. The van der Waals surface area contributed by atoms with Crippen molar-refractivity contribution in [1.29, 1.82) is 0 Å². The number of thiophene rings is 2. The number of carboxylic acids is 2. The lowest BCUT2D eigenvalue weighted by molar-refractivity contribution is 0.0652. The summed E-state index contributed by atoms with van der Waals surface area (Å²) >= 11 is 4.53. The second-order valence-electron chi connectivity index (χ2n) is 10.1. The molecule has 0 unspecified atom stereocenters. The first-order chi connectivity index (χ1) is 20.0. The number of aryl methyl sites for hydroxylation is 2. The molecule has 0 aliphatic carbocycles. The van der Waals surface area contributed by atoms with Crippen LogP contribution >= 0.6 is 34.4 Å². The molecule has 0 saturated carbocycles. The molecule has 0 spiro atoms. The highest BCUT2D eigenvalue weighted by molar-refractivity contribution is 7.08. The lowest BCUT2D eigenvalue weighted by Crippen LogP contribution is -2.07. The van der Waals surface area contributed by atoms with Crippen LogP contribution < -0.4 is 0 Å². The van der Waals surface area contributed by atoms with Gasteiger partial charge in [0.05, 0.1) is 22.9 Å². The Morgan fingerprint density at radius 1 is 0.634 bits per heavy atom. The van der Waals surface area contributed by atoms with E-state index in [-0.39, 0.29) is 11.1 Å². The van der Waals surface area contributed by atoms with Crippen LogP contribution in [-0.2, 0) is 12.8 Å². The summed E-state index contributed by atoms with van der Waals surface area (Å²) in [6, 6.07) is 6.92. The highest BCUT2D eigenvalue weighted by atomic mass is 32.1. The van der Waals surface area contributed by atoms with Gasteiger partial charge in [0.15, 0.2) is 0 Å². The van der Waals surface area contributed by atoms with E-state index in [1.54, 1.807) is 0 Å². The molecule has 9 heteroatoms. The van der Waals surface area contributed by atoms with Crippen LogP contribution in [0.5, 0.6) is 0 Å². The molecular weight excluding hydrogens is 573 g/mol. The van der Waals surface area contributed by atoms with Gasteiger partial charge < -0.3 is 10.2 Å². The minimum atomic E-state index is -1.29. The van der Waals surface area contributed by atoms with Crippen LogP contribution in [0.15, 0.2) is 45.8 Å². The number of hydrogen-bond acceptors (Lipinski definition) is 7. The summed E-state index contributed by atoms with van der Waals surface area (Å²) in [6.45, 7) is 4.54. The number of aromatic nitrogens is 2. The summed E-state index contributed by atoms with van der Waals surface area (Å²) in [5, 5.41) is 26.5. The smallest absolute Gasteiger partial charge is 0.336 e. The monoisotopic (exact) mass is 616 g/mol. The predicted molar refractivity (Wildman–Crippen MR) is 174 cm³/mol. The summed E-state index contributed by atoms with van der Waals surface area (Å²) in [7, 11) is 0.